The second-order valence-corrected chi connectivity index (χ2v) is 4.76. The SMILES string of the molecule is Cc1c(NC2CCC(N)C2)cccc1C(N)=O. The molecule has 0 aromatic heterocycles. The number of rotatable bonds is 3. The van der Waals surface area contributed by atoms with E-state index in [0.29, 0.717) is 17.6 Å². The zero-order valence-corrected chi connectivity index (χ0v) is 10.1. The first-order valence-corrected chi connectivity index (χ1v) is 5.99. The summed E-state index contributed by atoms with van der Waals surface area (Å²) < 4.78 is 0. The van der Waals surface area contributed by atoms with Gasteiger partial charge in [-0.1, -0.05) is 6.07 Å². The maximum Gasteiger partial charge on any atom is 0.249 e. The van der Waals surface area contributed by atoms with E-state index in [0.717, 1.165) is 30.5 Å². The van der Waals surface area contributed by atoms with E-state index in [4.69, 9.17) is 11.5 Å². The highest BCUT2D eigenvalue weighted by Crippen LogP contribution is 2.25. The fourth-order valence-electron chi connectivity index (χ4n) is 2.43. The molecule has 4 heteroatoms. The number of hydrogen-bond acceptors (Lipinski definition) is 3. The molecule has 4 nitrogen and oxygen atoms in total. The second-order valence-electron chi connectivity index (χ2n) is 4.76. The molecule has 0 spiro atoms. The summed E-state index contributed by atoms with van der Waals surface area (Å²) in [6.07, 6.45) is 3.13. The van der Waals surface area contributed by atoms with E-state index >= 15 is 0 Å². The number of hydrogen-bond donors (Lipinski definition) is 3. The lowest BCUT2D eigenvalue weighted by Crippen LogP contribution is -2.22. The zero-order valence-electron chi connectivity index (χ0n) is 10.1. The first-order chi connectivity index (χ1) is 8.08. The van der Waals surface area contributed by atoms with Crippen molar-refractivity contribution in [2.24, 2.45) is 11.5 Å². The largest absolute Gasteiger partial charge is 0.382 e. The van der Waals surface area contributed by atoms with Gasteiger partial charge in [0.25, 0.3) is 0 Å². The van der Waals surface area contributed by atoms with E-state index in [-0.39, 0.29) is 5.91 Å². The number of carbonyl (C=O) groups excluding carboxylic acids is 1. The summed E-state index contributed by atoms with van der Waals surface area (Å²) in [4.78, 5) is 11.2. The second kappa shape index (κ2) is 4.75. The first kappa shape index (κ1) is 11.9. The molecule has 17 heavy (non-hydrogen) atoms. The van der Waals surface area contributed by atoms with Crippen LogP contribution in [0.5, 0.6) is 0 Å². The van der Waals surface area contributed by atoms with Crippen LogP contribution >= 0.6 is 0 Å². The molecule has 1 amide bonds. The van der Waals surface area contributed by atoms with E-state index in [1.807, 2.05) is 19.1 Å². The topological polar surface area (TPSA) is 81.1 Å². The van der Waals surface area contributed by atoms with E-state index in [2.05, 4.69) is 5.32 Å². The molecule has 92 valence electrons. The molecule has 5 N–H and O–H groups in total. The Morgan fingerprint density at radius 3 is 2.76 bits per heavy atom. The lowest BCUT2D eigenvalue weighted by Gasteiger charge is -2.17. The van der Waals surface area contributed by atoms with E-state index in [1.54, 1.807) is 6.07 Å². The van der Waals surface area contributed by atoms with Gasteiger partial charge in [-0.05, 0) is 43.9 Å². The first-order valence-electron chi connectivity index (χ1n) is 5.99. The predicted octanol–water partition coefficient (Wildman–Crippen LogP) is 1.39. The Balaban J connectivity index is 2.16. The maximum absolute atomic E-state index is 11.2. The van der Waals surface area contributed by atoms with Crippen LogP contribution in [0, 0.1) is 6.92 Å². The number of anilines is 1. The van der Waals surface area contributed by atoms with E-state index < -0.39 is 0 Å². The average Bonchev–Trinajstić information content (AvgIpc) is 2.67. The predicted molar refractivity (Wildman–Crippen MR) is 68.9 cm³/mol. The number of carbonyl (C=O) groups is 1. The summed E-state index contributed by atoms with van der Waals surface area (Å²) in [5, 5.41) is 3.45. The molecule has 1 aromatic rings. The average molecular weight is 233 g/mol. The van der Waals surface area contributed by atoms with E-state index in [9.17, 15) is 4.79 Å². The van der Waals surface area contributed by atoms with Crippen LogP contribution in [-0.4, -0.2) is 18.0 Å². The highest BCUT2D eigenvalue weighted by atomic mass is 16.1. The highest BCUT2D eigenvalue weighted by molar-refractivity contribution is 5.95. The van der Waals surface area contributed by atoms with Gasteiger partial charge in [0.05, 0.1) is 0 Å². The van der Waals surface area contributed by atoms with Crippen molar-refractivity contribution in [3.05, 3.63) is 29.3 Å². The summed E-state index contributed by atoms with van der Waals surface area (Å²) in [6.45, 7) is 1.91. The number of nitrogens with one attached hydrogen (secondary N) is 1. The summed E-state index contributed by atoms with van der Waals surface area (Å²) in [5.41, 5.74) is 13.7. The zero-order chi connectivity index (χ0) is 12.4. The quantitative estimate of drug-likeness (QED) is 0.738. The van der Waals surface area contributed by atoms with Crippen molar-refractivity contribution in [3.63, 3.8) is 0 Å². The Hall–Kier alpha value is -1.55. The van der Waals surface area contributed by atoms with Crippen LogP contribution in [0.15, 0.2) is 18.2 Å². The lowest BCUT2D eigenvalue weighted by molar-refractivity contribution is 0.1000. The van der Waals surface area contributed by atoms with Crippen molar-refractivity contribution in [2.45, 2.75) is 38.3 Å². The molecule has 0 heterocycles. The molecular weight excluding hydrogens is 214 g/mol. The summed E-state index contributed by atoms with van der Waals surface area (Å²) in [7, 11) is 0. The Morgan fingerprint density at radius 2 is 2.18 bits per heavy atom. The third-order valence-corrected chi connectivity index (χ3v) is 3.43. The van der Waals surface area contributed by atoms with Gasteiger partial charge in [0.2, 0.25) is 5.91 Å². The van der Waals surface area contributed by atoms with Crippen molar-refractivity contribution in [3.8, 4) is 0 Å². The molecule has 1 saturated carbocycles. The van der Waals surface area contributed by atoms with Gasteiger partial charge in [-0.25, -0.2) is 0 Å². The summed E-state index contributed by atoms with van der Waals surface area (Å²) in [5.74, 6) is -0.380. The minimum atomic E-state index is -0.380. The number of primary amides is 1. The summed E-state index contributed by atoms with van der Waals surface area (Å²) >= 11 is 0. The monoisotopic (exact) mass is 233 g/mol. The normalized spacial score (nSPS) is 23.6. The standard InChI is InChI=1S/C13H19N3O/c1-8-11(13(15)17)3-2-4-12(8)16-10-6-5-9(14)7-10/h2-4,9-10,16H,5-7,14H2,1H3,(H2,15,17). The van der Waals surface area contributed by atoms with Gasteiger partial charge in [-0.2, -0.15) is 0 Å². The molecule has 2 unspecified atom stereocenters. The highest BCUT2D eigenvalue weighted by Gasteiger charge is 2.22. The molecule has 0 aliphatic heterocycles. The Bertz CT molecular complexity index is 431. The molecular formula is C13H19N3O. The van der Waals surface area contributed by atoms with Gasteiger partial charge >= 0.3 is 0 Å². The summed E-state index contributed by atoms with van der Waals surface area (Å²) in [6, 6.07) is 6.29. The Labute approximate surface area is 101 Å². The van der Waals surface area contributed by atoms with Crippen LogP contribution < -0.4 is 16.8 Å². The van der Waals surface area contributed by atoms with Crippen LogP contribution in [0.25, 0.3) is 0 Å². The van der Waals surface area contributed by atoms with Crippen LogP contribution in [0.3, 0.4) is 0 Å². The molecule has 0 bridgehead atoms. The third kappa shape index (κ3) is 2.58. The minimum Gasteiger partial charge on any atom is -0.382 e. The van der Waals surface area contributed by atoms with Gasteiger partial charge in [-0.3, -0.25) is 4.79 Å². The molecule has 1 aliphatic carbocycles. The van der Waals surface area contributed by atoms with Crippen LogP contribution in [0.4, 0.5) is 5.69 Å². The molecule has 2 atom stereocenters. The lowest BCUT2D eigenvalue weighted by atomic mass is 10.1. The van der Waals surface area contributed by atoms with Crippen molar-refractivity contribution in [1.29, 1.82) is 0 Å². The molecule has 1 aliphatic rings. The smallest absolute Gasteiger partial charge is 0.249 e. The fraction of sp³-hybridized carbons (Fsp3) is 0.462. The molecule has 1 fully saturated rings. The Kier molecular flexibility index (Phi) is 3.33. The van der Waals surface area contributed by atoms with Crippen LogP contribution in [-0.2, 0) is 0 Å². The van der Waals surface area contributed by atoms with E-state index in [1.165, 1.54) is 0 Å². The van der Waals surface area contributed by atoms with Gasteiger partial charge in [0, 0.05) is 23.3 Å². The van der Waals surface area contributed by atoms with Gasteiger partial charge in [0.15, 0.2) is 0 Å². The van der Waals surface area contributed by atoms with Crippen LogP contribution in [0.1, 0.15) is 35.2 Å². The third-order valence-electron chi connectivity index (χ3n) is 3.43. The fourth-order valence-corrected chi connectivity index (χ4v) is 2.43. The number of amides is 1. The maximum atomic E-state index is 11.2. The van der Waals surface area contributed by atoms with Gasteiger partial charge < -0.3 is 16.8 Å². The Morgan fingerprint density at radius 1 is 1.41 bits per heavy atom. The van der Waals surface area contributed by atoms with Crippen molar-refractivity contribution >= 4 is 11.6 Å². The minimum absolute atomic E-state index is 0.298. The van der Waals surface area contributed by atoms with Crippen LogP contribution in [0.2, 0.25) is 0 Å². The van der Waals surface area contributed by atoms with Crippen molar-refractivity contribution in [2.75, 3.05) is 5.32 Å². The number of benzene rings is 1. The van der Waals surface area contributed by atoms with Gasteiger partial charge in [0.1, 0.15) is 0 Å². The molecule has 1 aromatic carbocycles. The number of nitrogens with two attached hydrogens (primary N) is 2. The van der Waals surface area contributed by atoms with Gasteiger partial charge in [-0.15, -0.1) is 0 Å². The van der Waals surface area contributed by atoms with Crippen molar-refractivity contribution < 1.29 is 4.79 Å². The van der Waals surface area contributed by atoms with Crippen molar-refractivity contribution in [1.82, 2.24) is 0 Å². The molecule has 0 radical (unpaired) electrons. The molecule has 0 saturated heterocycles. The molecule has 2 rings (SSSR count).